The number of nitrogens with one attached hydrogen (secondary N) is 3. The molecule has 3 rings (SSSR count). The van der Waals surface area contributed by atoms with Crippen LogP contribution in [0.2, 0.25) is 0 Å². The van der Waals surface area contributed by atoms with E-state index in [9.17, 15) is 14.0 Å². The average Bonchev–Trinajstić information content (AvgIpc) is 3.20. The number of amides is 1. The van der Waals surface area contributed by atoms with Gasteiger partial charge in [-0.1, -0.05) is 18.2 Å². The quantitative estimate of drug-likeness (QED) is 0.538. The molecule has 1 aliphatic heterocycles. The van der Waals surface area contributed by atoms with E-state index in [1.165, 1.54) is 23.4 Å². The fraction of sp³-hybridized carbons (Fsp3) is 0.182. The molecule has 0 saturated carbocycles. The molecule has 0 unspecified atom stereocenters. The summed E-state index contributed by atoms with van der Waals surface area (Å²) in [6, 6.07) is 13.0. The number of ketones is 1. The van der Waals surface area contributed by atoms with E-state index in [-0.39, 0.29) is 35.9 Å². The van der Waals surface area contributed by atoms with Gasteiger partial charge < -0.3 is 5.41 Å². The summed E-state index contributed by atoms with van der Waals surface area (Å²) in [5.41, 5.74) is 3.71. The lowest BCUT2D eigenvalue weighted by Gasteiger charge is -2.15. The molecule has 1 amide bonds. The number of nitrogens with zero attached hydrogens (tertiary/aromatic N) is 3. The molecule has 0 radical (unpaired) electrons. The fourth-order valence-corrected chi connectivity index (χ4v) is 2.90. The summed E-state index contributed by atoms with van der Waals surface area (Å²) in [4.78, 5) is 32.4. The highest BCUT2D eigenvalue weighted by Gasteiger charge is 2.22. The number of aliphatic imine (C=N–C) groups is 2. The summed E-state index contributed by atoms with van der Waals surface area (Å²) < 4.78 is 14.3. The van der Waals surface area contributed by atoms with Crippen molar-refractivity contribution in [2.45, 2.75) is 19.3 Å². The summed E-state index contributed by atoms with van der Waals surface area (Å²) in [5.74, 6) is -1.31. The number of hydrogen-bond acceptors (Lipinski definition) is 7. The summed E-state index contributed by atoms with van der Waals surface area (Å²) in [6.45, 7) is 0.502. The lowest BCUT2D eigenvalue weighted by Crippen LogP contribution is -2.33. The van der Waals surface area contributed by atoms with E-state index >= 15 is 0 Å². The molecule has 0 aromatic heterocycles. The first-order valence-electron chi connectivity index (χ1n) is 9.62. The number of carbonyl (C=O) groups is 2. The van der Waals surface area contributed by atoms with Gasteiger partial charge in [0, 0.05) is 44.3 Å². The third kappa shape index (κ3) is 5.61. The van der Waals surface area contributed by atoms with E-state index in [1.807, 2.05) is 6.07 Å². The number of carbonyl (C=O) groups excluding carboxylic acids is 2. The Morgan fingerprint density at radius 1 is 1.19 bits per heavy atom. The molecule has 1 aliphatic rings. The van der Waals surface area contributed by atoms with Gasteiger partial charge in [0.25, 0.3) is 0 Å². The number of para-hydroxylation sites is 1. The van der Waals surface area contributed by atoms with E-state index in [4.69, 9.17) is 10.8 Å². The van der Waals surface area contributed by atoms with Crippen LogP contribution in [0.4, 0.5) is 21.5 Å². The Hall–Kier alpha value is -3.85. The Morgan fingerprint density at radius 3 is 2.61 bits per heavy atom. The van der Waals surface area contributed by atoms with Crippen molar-refractivity contribution in [3.05, 3.63) is 54.3 Å². The van der Waals surface area contributed by atoms with Crippen LogP contribution in [0.25, 0.3) is 0 Å². The number of benzene rings is 2. The Morgan fingerprint density at radius 2 is 1.97 bits per heavy atom. The Balaban J connectivity index is 1.66. The van der Waals surface area contributed by atoms with Gasteiger partial charge in [-0.2, -0.15) is 0 Å². The van der Waals surface area contributed by atoms with Crippen molar-refractivity contribution in [2.24, 2.45) is 9.98 Å². The van der Waals surface area contributed by atoms with Crippen LogP contribution in [0.5, 0.6) is 0 Å². The van der Waals surface area contributed by atoms with Gasteiger partial charge in [-0.25, -0.2) is 14.8 Å². The minimum Gasteiger partial charge on any atom is -0.313 e. The van der Waals surface area contributed by atoms with Crippen LogP contribution in [0, 0.1) is 16.6 Å². The second-order valence-corrected chi connectivity index (χ2v) is 6.64. The molecule has 0 atom stereocenters. The predicted molar refractivity (Wildman–Crippen MR) is 119 cm³/mol. The smallest absolute Gasteiger partial charge is 0.242 e. The highest BCUT2D eigenvalue weighted by atomic mass is 19.1. The highest BCUT2D eigenvalue weighted by molar-refractivity contribution is 6.68. The van der Waals surface area contributed by atoms with Crippen LogP contribution in [0.15, 0.2) is 58.5 Å². The zero-order chi connectivity index (χ0) is 22.2. The Labute approximate surface area is 178 Å². The predicted octanol–water partition coefficient (Wildman–Crippen LogP) is 3.56. The van der Waals surface area contributed by atoms with Crippen molar-refractivity contribution >= 4 is 52.6 Å². The summed E-state index contributed by atoms with van der Waals surface area (Å²) >= 11 is 0. The highest BCUT2D eigenvalue weighted by Crippen LogP contribution is 2.24. The molecule has 2 aromatic carbocycles. The lowest BCUT2D eigenvalue weighted by atomic mass is 10.1. The normalized spacial score (nSPS) is 14.3. The van der Waals surface area contributed by atoms with Crippen LogP contribution in [0.1, 0.15) is 19.3 Å². The number of hydrazine groups is 1. The zero-order valence-corrected chi connectivity index (χ0v) is 16.6. The molecule has 3 N–H and O–H groups in total. The summed E-state index contributed by atoms with van der Waals surface area (Å²) in [6.07, 6.45) is 2.50. The van der Waals surface area contributed by atoms with Crippen molar-refractivity contribution in [3.63, 3.8) is 0 Å². The number of Topliss-reactive ketones (excluding diaryl/α,β-unsaturated/α-hetero) is 1. The van der Waals surface area contributed by atoms with Crippen molar-refractivity contribution in [3.8, 4) is 0 Å². The topological polar surface area (TPSA) is 122 Å². The summed E-state index contributed by atoms with van der Waals surface area (Å²) in [5, 5.41) is 16.7. The van der Waals surface area contributed by atoms with Crippen molar-refractivity contribution in [2.75, 3.05) is 11.6 Å². The van der Waals surface area contributed by atoms with Gasteiger partial charge >= 0.3 is 0 Å². The van der Waals surface area contributed by atoms with E-state index < -0.39 is 11.6 Å². The molecule has 31 heavy (non-hydrogen) atoms. The molecule has 0 spiro atoms. The minimum absolute atomic E-state index is 0.0207. The van der Waals surface area contributed by atoms with E-state index in [0.29, 0.717) is 24.3 Å². The minimum atomic E-state index is -0.632. The third-order valence-corrected chi connectivity index (χ3v) is 4.44. The first-order chi connectivity index (χ1) is 15.0. The number of rotatable bonds is 9. The first-order valence-corrected chi connectivity index (χ1v) is 9.62. The van der Waals surface area contributed by atoms with Crippen LogP contribution >= 0.6 is 0 Å². The maximum atomic E-state index is 14.3. The Bertz CT molecular complexity index is 1060. The number of hydrogen-bond donors (Lipinski definition) is 3. The summed E-state index contributed by atoms with van der Waals surface area (Å²) in [7, 11) is 0. The largest absolute Gasteiger partial charge is 0.313 e. The average molecular weight is 420 g/mol. The molecule has 0 aliphatic carbocycles. The second kappa shape index (κ2) is 10.3. The zero-order valence-electron chi connectivity index (χ0n) is 16.6. The van der Waals surface area contributed by atoms with Gasteiger partial charge in [0.05, 0.1) is 22.8 Å². The molecule has 158 valence electrons. The number of halogens is 1. The van der Waals surface area contributed by atoms with Crippen LogP contribution < -0.4 is 10.4 Å². The molecular formula is C22H21FN6O2. The molecule has 0 bridgehead atoms. The molecule has 9 heteroatoms. The lowest BCUT2D eigenvalue weighted by molar-refractivity contribution is -0.117. The first kappa shape index (κ1) is 21.8. The van der Waals surface area contributed by atoms with E-state index in [2.05, 4.69) is 15.4 Å². The fourth-order valence-electron chi connectivity index (χ4n) is 2.90. The van der Waals surface area contributed by atoms with Gasteiger partial charge in [-0.15, -0.1) is 0 Å². The van der Waals surface area contributed by atoms with Crippen molar-refractivity contribution in [1.82, 2.24) is 5.43 Å². The number of anilines is 1. The molecular weight excluding hydrogens is 399 g/mol. The monoisotopic (exact) mass is 420 g/mol. The SMILES string of the molecule is N=CCC(=Nc1ccccc1)C(=N)C(=O)CC=Nc1ccc(N2NCCC2=O)cc1F. The van der Waals surface area contributed by atoms with Gasteiger partial charge in [-0.3, -0.25) is 25.0 Å². The van der Waals surface area contributed by atoms with E-state index in [1.54, 1.807) is 30.3 Å². The van der Waals surface area contributed by atoms with Gasteiger partial charge in [0.2, 0.25) is 5.91 Å². The van der Waals surface area contributed by atoms with Crippen molar-refractivity contribution in [1.29, 1.82) is 10.8 Å². The van der Waals surface area contributed by atoms with Gasteiger partial charge in [-0.05, 0) is 24.3 Å². The third-order valence-electron chi connectivity index (χ3n) is 4.44. The molecule has 8 nitrogen and oxygen atoms in total. The molecule has 2 aromatic rings. The standard InChI is InChI=1S/C22H21FN6O2/c23-17-14-16(29-21(31)10-13-27-29)6-7-18(17)26-12-9-20(30)22(25)19(8-11-24)28-15-4-2-1-3-5-15/h1-7,11-12,14,24-25,27H,8-10,13H2. The second-order valence-electron chi connectivity index (χ2n) is 6.64. The molecule has 1 heterocycles. The van der Waals surface area contributed by atoms with E-state index in [0.717, 1.165) is 6.21 Å². The van der Waals surface area contributed by atoms with Crippen molar-refractivity contribution < 1.29 is 14.0 Å². The maximum absolute atomic E-state index is 14.3. The maximum Gasteiger partial charge on any atom is 0.242 e. The van der Waals surface area contributed by atoms with Crippen LogP contribution in [-0.2, 0) is 9.59 Å². The molecule has 1 fully saturated rings. The molecule has 1 saturated heterocycles. The van der Waals surface area contributed by atoms with Crippen LogP contribution in [-0.4, -0.2) is 42.1 Å². The van der Waals surface area contributed by atoms with Gasteiger partial charge in [0.1, 0.15) is 5.71 Å². The van der Waals surface area contributed by atoms with Crippen LogP contribution in [0.3, 0.4) is 0 Å². The Kier molecular flexibility index (Phi) is 7.23. The van der Waals surface area contributed by atoms with Gasteiger partial charge in [0.15, 0.2) is 11.6 Å².